The number of hydrogen-bond acceptors (Lipinski definition) is 3. The van der Waals surface area contributed by atoms with E-state index in [2.05, 4.69) is 19.2 Å². The van der Waals surface area contributed by atoms with Crippen molar-refractivity contribution in [2.75, 3.05) is 18.0 Å². The fourth-order valence-electron chi connectivity index (χ4n) is 2.56. The molecule has 5 heteroatoms. The van der Waals surface area contributed by atoms with E-state index in [-0.39, 0.29) is 18.4 Å². The number of carbonyl (C=O) groups is 2. The zero-order valence-electron chi connectivity index (χ0n) is 14.4. The zero-order chi connectivity index (χ0) is 17.0. The summed E-state index contributed by atoms with van der Waals surface area (Å²) in [6, 6.07) is 5.70. The van der Waals surface area contributed by atoms with Crippen LogP contribution in [0.25, 0.3) is 0 Å². The molecule has 0 fully saturated rings. The molecule has 0 bridgehead atoms. The highest BCUT2D eigenvalue weighted by Crippen LogP contribution is 2.35. The largest absolute Gasteiger partial charge is 0.478 e. The average molecular weight is 318 g/mol. The maximum Gasteiger partial charge on any atom is 0.268 e. The third kappa shape index (κ3) is 4.24. The van der Waals surface area contributed by atoms with E-state index in [4.69, 9.17) is 4.74 Å². The van der Waals surface area contributed by atoms with Crippen LogP contribution in [-0.4, -0.2) is 31.0 Å². The molecule has 1 aromatic carbocycles. The maximum atomic E-state index is 12.6. The number of amides is 2. The monoisotopic (exact) mass is 318 g/mol. The zero-order valence-corrected chi connectivity index (χ0v) is 14.4. The molecule has 0 spiro atoms. The van der Waals surface area contributed by atoms with Gasteiger partial charge in [-0.1, -0.05) is 26.8 Å². The van der Waals surface area contributed by atoms with E-state index in [0.29, 0.717) is 30.3 Å². The second kappa shape index (κ2) is 7.49. The van der Waals surface area contributed by atoms with E-state index in [1.165, 1.54) is 0 Å². The van der Waals surface area contributed by atoms with Crippen LogP contribution in [0.3, 0.4) is 0 Å². The number of anilines is 1. The van der Waals surface area contributed by atoms with Gasteiger partial charge in [0.2, 0.25) is 5.91 Å². The predicted octanol–water partition coefficient (Wildman–Crippen LogP) is 2.66. The lowest BCUT2D eigenvalue weighted by Gasteiger charge is -2.34. The maximum absolute atomic E-state index is 12.6. The number of aryl methyl sites for hydroxylation is 1. The smallest absolute Gasteiger partial charge is 0.268 e. The summed E-state index contributed by atoms with van der Waals surface area (Å²) in [5.74, 6) is 0.915. The quantitative estimate of drug-likeness (QED) is 0.877. The SMILES string of the molecule is CC[C@@H]1Oc2ccc(C)cc2N(CC(=O)NCCC(C)C)C1=O. The summed E-state index contributed by atoms with van der Waals surface area (Å²) in [6.45, 7) is 8.76. The minimum absolute atomic E-state index is 0.0350. The van der Waals surface area contributed by atoms with Gasteiger partial charge in [-0.25, -0.2) is 0 Å². The second-order valence-electron chi connectivity index (χ2n) is 6.44. The molecule has 0 radical (unpaired) electrons. The van der Waals surface area contributed by atoms with Crippen molar-refractivity contribution in [3.05, 3.63) is 23.8 Å². The van der Waals surface area contributed by atoms with Crippen molar-refractivity contribution in [2.45, 2.75) is 46.6 Å². The number of nitrogens with one attached hydrogen (secondary N) is 1. The van der Waals surface area contributed by atoms with Crippen molar-refractivity contribution in [2.24, 2.45) is 5.92 Å². The topological polar surface area (TPSA) is 58.6 Å². The van der Waals surface area contributed by atoms with Gasteiger partial charge in [-0.2, -0.15) is 0 Å². The highest BCUT2D eigenvalue weighted by atomic mass is 16.5. The molecule has 0 aliphatic carbocycles. The third-order valence-electron chi connectivity index (χ3n) is 3.93. The number of ether oxygens (including phenoxy) is 1. The van der Waals surface area contributed by atoms with Crippen LogP contribution in [0, 0.1) is 12.8 Å². The molecule has 1 aliphatic heterocycles. The molecule has 0 unspecified atom stereocenters. The van der Waals surface area contributed by atoms with E-state index < -0.39 is 6.10 Å². The molecular formula is C18H26N2O3. The summed E-state index contributed by atoms with van der Waals surface area (Å²) in [7, 11) is 0. The van der Waals surface area contributed by atoms with Gasteiger partial charge in [0, 0.05) is 6.54 Å². The van der Waals surface area contributed by atoms with Gasteiger partial charge in [-0.3, -0.25) is 14.5 Å². The van der Waals surface area contributed by atoms with Crippen molar-refractivity contribution in [1.82, 2.24) is 5.32 Å². The van der Waals surface area contributed by atoms with Gasteiger partial charge in [0.25, 0.3) is 5.91 Å². The summed E-state index contributed by atoms with van der Waals surface area (Å²) in [6.07, 6.45) is 0.988. The Labute approximate surface area is 138 Å². The molecule has 2 amide bonds. The molecule has 0 aromatic heterocycles. The molecule has 1 heterocycles. The Bertz CT molecular complexity index is 584. The Morgan fingerprint density at radius 3 is 2.78 bits per heavy atom. The van der Waals surface area contributed by atoms with Crippen LogP contribution in [0.15, 0.2) is 18.2 Å². The molecule has 0 saturated carbocycles. The lowest BCUT2D eigenvalue weighted by Crippen LogP contribution is -2.49. The van der Waals surface area contributed by atoms with Crippen LogP contribution in [-0.2, 0) is 9.59 Å². The molecule has 1 atom stereocenters. The lowest BCUT2D eigenvalue weighted by atomic mass is 10.1. The molecular weight excluding hydrogens is 292 g/mol. The van der Waals surface area contributed by atoms with E-state index in [0.717, 1.165) is 12.0 Å². The fraction of sp³-hybridized carbons (Fsp3) is 0.556. The lowest BCUT2D eigenvalue weighted by molar-refractivity contribution is -0.129. The number of fused-ring (bicyclic) bond motifs is 1. The van der Waals surface area contributed by atoms with Crippen molar-refractivity contribution in [3.8, 4) is 5.75 Å². The minimum atomic E-state index is -0.520. The van der Waals surface area contributed by atoms with Crippen LogP contribution < -0.4 is 15.0 Å². The fourth-order valence-corrected chi connectivity index (χ4v) is 2.56. The summed E-state index contributed by atoms with van der Waals surface area (Å²) in [4.78, 5) is 26.3. The van der Waals surface area contributed by atoms with Crippen LogP contribution in [0.1, 0.15) is 39.2 Å². The first-order chi connectivity index (χ1) is 10.9. The Kier molecular flexibility index (Phi) is 5.64. The van der Waals surface area contributed by atoms with Crippen molar-refractivity contribution in [1.29, 1.82) is 0 Å². The average Bonchev–Trinajstić information content (AvgIpc) is 2.49. The molecule has 126 valence electrons. The summed E-state index contributed by atoms with van der Waals surface area (Å²) >= 11 is 0. The number of rotatable bonds is 6. The van der Waals surface area contributed by atoms with Crippen LogP contribution >= 0.6 is 0 Å². The van der Waals surface area contributed by atoms with Gasteiger partial charge in [-0.15, -0.1) is 0 Å². The number of benzene rings is 1. The molecule has 0 saturated heterocycles. The van der Waals surface area contributed by atoms with Crippen LogP contribution in [0.5, 0.6) is 5.75 Å². The van der Waals surface area contributed by atoms with E-state index in [1.807, 2.05) is 32.0 Å². The third-order valence-corrected chi connectivity index (χ3v) is 3.93. The van der Waals surface area contributed by atoms with E-state index in [1.54, 1.807) is 4.90 Å². The van der Waals surface area contributed by atoms with Gasteiger partial charge in [0.1, 0.15) is 12.3 Å². The molecule has 1 N–H and O–H groups in total. The van der Waals surface area contributed by atoms with Crippen molar-refractivity contribution in [3.63, 3.8) is 0 Å². The summed E-state index contributed by atoms with van der Waals surface area (Å²) < 4.78 is 5.75. The standard InChI is InChI=1S/C18H26N2O3/c1-5-15-18(22)20(11-17(21)19-9-8-12(2)3)14-10-13(4)6-7-16(14)23-15/h6-7,10,12,15H,5,8-9,11H2,1-4H3,(H,19,21)/t15-/m0/s1. The van der Waals surface area contributed by atoms with Gasteiger partial charge in [0.05, 0.1) is 5.69 Å². The van der Waals surface area contributed by atoms with Gasteiger partial charge in [0.15, 0.2) is 6.10 Å². The Morgan fingerprint density at radius 2 is 2.13 bits per heavy atom. The minimum Gasteiger partial charge on any atom is -0.478 e. The molecule has 1 aliphatic rings. The van der Waals surface area contributed by atoms with Crippen LogP contribution in [0.2, 0.25) is 0 Å². The highest BCUT2D eigenvalue weighted by molar-refractivity contribution is 6.03. The molecule has 5 nitrogen and oxygen atoms in total. The molecule has 1 aromatic rings. The van der Waals surface area contributed by atoms with Gasteiger partial charge in [-0.05, 0) is 43.4 Å². The van der Waals surface area contributed by atoms with E-state index in [9.17, 15) is 9.59 Å². The van der Waals surface area contributed by atoms with Crippen LogP contribution in [0.4, 0.5) is 5.69 Å². The highest BCUT2D eigenvalue weighted by Gasteiger charge is 2.34. The van der Waals surface area contributed by atoms with Gasteiger partial charge < -0.3 is 10.1 Å². The Balaban J connectivity index is 2.14. The first kappa shape index (κ1) is 17.3. The van der Waals surface area contributed by atoms with E-state index >= 15 is 0 Å². The molecule has 2 rings (SSSR count). The summed E-state index contributed by atoms with van der Waals surface area (Å²) in [5.41, 5.74) is 1.71. The Morgan fingerprint density at radius 1 is 1.39 bits per heavy atom. The Hall–Kier alpha value is -2.04. The predicted molar refractivity (Wildman–Crippen MR) is 90.7 cm³/mol. The molecule has 23 heavy (non-hydrogen) atoms. The van der Waals surface area contributed by atoms with Gasteiger partial charge >= 0.3 is 0 Å². The number of carbonyl (C=O) groups excluding carboxylic acids is 2. The number of nitrogens with zero attached hydrogens (tertiary/aromatic N) is 1. The summed E-state index contributed by atoms with van der Waals surface area (Å²) in [5, 5.41) is 2.89. The number of hydrogen-bond donors (Lipinski definition) is 1. The first-order valence-electron chi connectivity index (χ1n) is 8.27. The van der Waals surface area contributed by atoms with Crippen molar-refractivity contribution >= 4 is 17.5 Å². The normalized spacial score (nSPS) is 17.0. The second-order valence-corrected chi connectivity index (χ2v) is 6.44. The van der Waals surface area contributed by atoms with Crippen molar-refractivity contribution < 1.29 is 14.3 Å². The first-order valence-corrected chi connectivity index (χ1v) is 8.27.